The molecule has 0 saturated carbocycles. The molecule has 3 rings (SSSR count). The van der Waals surface area contributed by atoms with Crippen LogP contribution in [0.5, 0.6) is 0 Å². The van der Waals surface area contributed by atoms with Gasteiger partial charge in [-0.05, 0) is 43.2 Å². The van der Waals surface area contributed by atoms with Crippen LogP contribution in [0, 0.1) is 13.8 Å². The number of nitrogens with one attached hydrogen (secondary N) is 2. The second-order valence-electron chi connectivity index (χ2n) is 8.13. The van der Waals surface area contributed by atoms with E-state index in [0.29, 0.717) is 25.4 Å². The van der Waals surface area contributed by atoms with Gasteiger partial charge in [0.2, 0.25) is 0 Å². The van der Waals surface area contributed by atoms with Gasteiger partial charge in [0.05, 0.1) is 19.3 Å². The van der Waals surface area contributed by atoms with Crippen molar-refractivity contribution in [2.75, 3.05) is 57.2 Å². The zero-order valence-corrected chi connectivity index (χ0v) is 18.8. The molecule has 166 valence electrons. The zero-order valence-electron chi connectivity index (χ0n) is 18.8. The average Bonchev–Trinajstić information content (AvgIpc) is 2.76. The summed E-state index contributed by atoms with van der Waals surface area (Å²) in [6.45, 7) is 7.13. The zero-order chi connectivity index (χ0) is 22.4. The van der Waals surface area contributed by atoms with Crippen LogP contribution in [0.3, 0.4) is 0 Å². The van der Waals surface area contributed by atoms with E-state index in [1.54, 1.807) is 0 Å². The van der Waals surface area contributed by atoms with E-state index in [2.05, 4.69) is 39.8 Å². The first kappa shape index (κ1) is 22.8. The van der Waals surface area contributed by atoms with Crippen LogP contribution in [-0.2, 0) is 14.3 Å². The summed E-state index contributed by atoms with van der Waals surface area (Å²) in [6, 6.07) is 14.0. The fraction of sp³-hybridized carbons (Fsp3) is 0.417. The Morgan fingerprint density at radius 1 is 1.03 bits per heavy atom. The van der Waals surface area contributed by atoms with E-state index in [1.165, 1.54) is 0 Å². The van der Waals surface area contributed by atoms with Crippen LogP contribution in [0.25, 0.3) is 0 Å². The SMILES string of the molecule is Cc1ccc(NC(=O)C(=O)NCC(c2ccc(N(C)C)cc2)N2CCOCC2)c(C)c1. The van der Waals surface area contributed by atoms with Crippen LogP contribution in [0.2, 0.25) is 0 Å². The van der Waals surface area contributed by atoms with Crippen LogP contribution in [-0.4, -0.2) is 63.7 Å². The van der Waals surface area contributed by atoms with Crippen molar-refractivity contribution in [3.63, 3.8) is 0 Å². The van der Waals surface area contributed by atoms with E-state index in [9.17, 15) is 9.59 Å². The number of carbonyl (C=O) groups is 2. The molecule has 1 atom stereocenters. The molecule has 1 aliphatic rings. The summed E-state index contributed by atoms with van der Waals surface area (Å²) in [6.07, 6.45) is 0. The number of rotatable bonds is 6. The molecule has 1 saturated heterocycles. The fourth-order valence-corrected chi connectivity index (χ4v) is 3.74. The summed E-state index contributed by atoms with van der Waals surface area (Å²) in [5.74, 6) is -1.29. The Morgan fingerprint density at radius 2 is 1.71 bits per heavy atom. The Kier molecular flexibility index (Phi) is 7.65. The van der Waals surface area contributed by atoms with E-state index in [-0.39, 0.29) is 6.04 Å². The number of aryl methyl sites for hydroxylation is 2. The van der Waals surface area contributed by atoms with Crippen LogP contribution in [0.1, 0.15) is 22.7 Å². The number of hydrogen-bond acceptors (Lipinski definition) is 5. The maximum Gasteiger partial charge on any atom is 0.313 e. The van der Waals surface area contributed by atoms with Crippen molar-refractivity contribution in [2.45, 2.75) is 19.9 Å². The molecule has 2 aromatic carbocycles. The van der Waals surface area contributed by atoms with E-state index < -0.39 is 11.8 Å². The smallest absolute Gasteiger partial charge is 0.313 e. The first-order valence-corrected chi connectivity index (χ1v) is 10.6. The largest absolute Gasteiger partial charge is 0.379 e. The van der Waals surface area contributed by atoms with Gasteiger partial charge in [0.15, 0.2) is 0 Å². The average molecular weight is 425 g/mol. The number of ether oxygens (including phenoxy) is 1. The Bertz CT molecular complexity index is 906. The maximum absolute atomic E-state index is 12.5. The van der Waals surface area contributed by atoms with Crippen molar-refractivity contribution < 1.29 is 14.3 Å². The molecule has 1 aliphatic heterocycles. The first-order valence-electron chi connectivity index (χ1n) is 10.6. The summed E-state index contributed by atoms with van der Waals surface area (Å²) >= 11 is 0. The molecule has 2 aromatic rings. The minimum Gasteiger partial charge on any atom is -0.379 e. The number of anilines is 2. The summed E-state index contributed by atoms with van der Waals surface area (Å²) < 4.78 is 5.49. The van der Waals surface area contributed by atoms with Crippen LogP contribution >= 0.6 is 0 Å². The Hall–Kier alpha value is -2.90. The van der Waals surface area contributed by atoms with Gasteiger partial charge < -0.3 is 20.3 Å². The second kappa shape index (κ2) is 10.4. The molecule has 0 bridgehead atoms. The predicted octanol–water partition coefficient (Wildman–Crippen LogP) is 2.50. The number of carbonyl (C=O) groups excluding carboxylic acids is 2. The normalized spacial score (nSPS) is 15.2. The van der Waals surface area contributed by atoms with E-state index in [1.807, 2.05) is 51.0 Å². The third-order valence-corrected chi connectivity index (χ3v) is 5.57. The molecular weight excluding hydrogens is 392 g/mol. The topological polar surface area (TPSA) is 73.9 Å². The van der Waals surface area contributed by atoms with E-state index in [4.69, 9.17) is 4.74 Å². The molecule has 1 heterocycles. The van der Waals surface area contributed by atoms with Crippen molar-refractivity contribution in [3.05, 3.63) is 59.2 Å². The van der Waals surface area contributed by atoms with Crippen LogP contribution in [0.4, 0.5) is 11.4 Å². The van der Waals surface area contributed by atoms with Crippen molar-refractivity contribution in [1.82, 2.24) is 10.2 Å². The molecule has 2 N–H and O–H groups in total. The van der Waals surface area contributed by atoms with Gasteiger partial charge in [-0.3, -0.25) is 14.5 Å². The van der Waals surface area contributed by atoms with Crippen molar-refractivity contribution in [3.8, 4) is 0 Å². The van der Waals surface area contributed by atoms with Gasteiger partial charge in [-0.25, -0.2) is 0 Å². The Labute approximate surface area is 184 Å². The maximum atomic E-state index is 12.5. The number of amides is 2. The van der Waals surface area contributed by atoms with E-state index >= 15 is 0 Å². The summed E-state index contributed by atoms with van der Waals surface area (Å²) in [4.78, 5) is 29.3. The molecular formula is C24H32N4O3. The Balaban J connectivity index is 1.67. The molecule has 1 unspecified atom stereocenters. The van der Waals surface area contributed by atoms with Crippen molar-refractivity contribution in [1.29, 1.82) is 0 Å². The highest BCUT2D eigenvalue weighted by Crippen LogP contribution is 2.24. The van der Waals surface area contributed by atoms with Gasteiger partial charge in [0, 0.05) is 45.1 Å². The molecule has 7 heteroatoms. The van der Waals surface area contributed by atoms with Gasteiger partial charge >= 0.3 is 11.8 Å². The van der Waals surface area contributed by atoms with Gasteiger partial charge in [-0.2, -0.15) is 0 Å². The summed E-state index contributed by atoms with van der Waals surface area (Å²) in [5.41, 5.74) is 4.89. The highest BCUT2D eigenvalue weighted by molar-refractivity contribution is 6.39. The number of hydrogen-bond donors (Lipinski definition) is 2. The van der Waals surface area contributed by atoms with Gasteiger partial charge in [0.25, 0.3) is 0 Å². The number of morpholine rings is 1. The van der Waals surface area contributed by atoms with E-state index in [0.717, 1.165) is 35.5 Å². The highest BCUT2D eigenvalue weighted by atomic mass is 16.5. The second-order valence-corrected chi connectivity index (χ2v) is 8.13. The molecule has 0 aliphatic carbocycles. The standard InChI is InChI=1S/C24H32N4O3/c1-17-5-10-21(18(2)15-17)26-24(30)23(29)25-16-22(28-11-13-31-14-12-28)19-6-8-20(9-7-19)27(3)4/h5-10,15,22H,11-14,16H2,1-4H3,(H,25,29)(H,26,30). The van der Waals surface area contributed by atoms with Gasteiger partial charge in [0.1, 0.15) is 0 Å². The summed E-state index contributed by atoms with van der Waals surface area (Å²) in [7, 11) is 4.01. The van der Waals surface area contributed by atoms with Crippen molar-refractivity contribution in [2.24, 2.45) is 0 Å². The van der Waals surface area contributed by atoms with Crippen LogP contribution in [0.15, 0.2) is 42.5 Å². The monoisotopic (exact) mass is 424 g/mol. The van der Waals surface area contributed by atoms with Gasteiger partial charge in [-0.15, -0.1) is 0 Å². The quantitative estimate of drug-likeness (QED) is 0.697. The molecule has 7 nitrogen and oxygen atoms in total. The van der Waals surface area contributed by atoms with Gasteiger partial charge in [-0.1, -0.05) is 29.8 Å². The highest BCUT2D eigenvalue weighted by Gasteiger charge is 2.24. The number of benzene rings is 2. The first-order chi connectivity index (χ1) is 14.8. The Morgan fingerprint density at radius 3 is 2.32 bits per heavy atom. The van der Waals surface area contributed by atoms with Crippen LogP contribution < -0.4 is 15.5 Å². The lowest BCUT2D eigenvalue weighted by Gasteiger charge is -2.35. The molecule has 0 spiro atoms. The third-order valence-electron chi connectivity index (χ3n) is 5.57. The van der Waals surface area contributed by atoms with Crippen molar-refractivity contribution >= 4 is 23.2 Å². The minimum absolute atomic E-state index is 0.0297. The summed E-state index contributed by atoms with van der Waals surface area (Å²) in [5, 5.41) is 5.53. The lowest BCUT2D eigenvalue weighted by molar-refractivity contribution is -0.136. The minimum atomic E-state index is -0.657. The predicted molar refractivity (Wildman–Crippen MR) is 123 cm³/mol. The lowest BCUT2D eigenvalue weighted by Crippen LogP contribution is -2.45. The lowest BCUT2D eigenvalue weighted by atomic mass is 10.0. The molecule has 1 fully saturated rings. The molecule has 2 amide bonds. The fourth-order valence-electron chi connectivity index (χ4n) is 3.74. The third kappa shape index (κ3) is 6.06. The number of nitrogens with zero attached hydrogens (tertiary/aromatic N) is 2. The molecule has 31 heavy (non-hydrogen) atoms. The molecule has 0 aromatic heterocycles. The molecule has 0 radical (unpaired) electrons.